The Morgan fingerprint density at radius 2 is 1.78 bits per heavy atom. The zero-order chi connectivity index (χ0) is 14.6. The van der Waals surface area contributed by atoms with Crippen molar-refractivity contribution >= 4 is 26.1 Å². The molecule has 0 rings (SSSR count). The standard InChI is InChI=1S/C7H17N3O6S2/c1-5-18(14,15)10(9-17(4,12)13)8-7(11)16-6(2)3/h6,9H,5H2,1-4H3,(H,8,11). The Morgan fingerprint density at radius 1 is 1.28 bits per heavy atom. The van der Waals surface area contributed by atoms with Gasteiger partial charge in [0.05, 0.1) is 18.1 Å². The summed E-state index contributed by atoms with van der Waals surface area (Å²) < 4.78 is 49.8. The minimum atomic E-state index is -3.99. The van der Waals surface area contributed by atoms with Crippen LogP contribution in [0.3, 0.4) is 0 Å². The molecule has 0 aliphatic heterocycles. The van der Waals surface area contributed by atoms with Crippen molar-refractivity contribution < 1.29 is 26.4 Å². The fraction of sp³-hybridized carbons (Fsp3) is 0.857. The second-order valence-corrected chi connectivity index (χ2v) is 7.43. The summed E-state index contributed by atoms with van der Waals surface area (Å²) in [7, 11) is -7.86. The molecule has 0 saturated carbocycles. The van der Waals surface area contributed by atoms with E-state index in [1.165, 1.54) is 6.92 Å². The lowest BCUT2D eigenvalue weighted by atomic mass is 10.5. The topological polar surface area (TPSA) is 122 Å². The molecule has 2 N–H and O–H groups in total. The van der Waals surface area contributed by atoms with E-state index in [9.17, 15) is 21.6 Å². The molecule has 0 aliphatic rings. The number of rotatable bonds is 6. The summed E-state index contributed by atoms with van der Waals surface area (Å²) >= 11 is 0. The summed E-state index contributed by atoms with van der Waals surface area (Å²) in [5.41, 5.74) is 1.79. The van der Waals surface area contributed by atoms with Gasteiger partial charge >= 0.3 is 6.09 Å². The number of carbonyl (C=O) groups excluding carboxylic acids is 1. The van der Waals surface area contributed by atoms with Crippen LogP contribution in [0.25, 0.3) is 0 Å². The summed E-state index contributed by atoms with van der Waals surface area (Å²) in [6.07, 6.45) is -0.812. The second kappa shape index (κ2) is 6.31. The van der Waals surface area contributed by atoms with Crippen LogP contribution in [-0.4, -0.2) is 45.6 Å². The number of hydrogen-bond donors (Lipinski definition) is 2. The maximum Gasteiger partial charge on any atom is 0.424 e. The van der Waals surface area contributed by atoms with E-state index in [2.05, 4.69) is 4.74 Å². The van der Waals surface area contributed by atoms with Crippen LogP contribution in [-0.2, 0) is 24.8 Å². The van der Waals surface area contributed by atoms with Crippen molar-refractivity contribution in [3.8, 4) is 0 Å². The number of nitrogens with one attached hydrogen (secondary N) is 2. The van der Waals surface area contributed by atoms with Crippen LogP contribution in [0.5, 0.6) is 0 Å². The molecule has 18 heavy (non-hydrogen) atoms. The Kier molecular flexibility index (Phi) is 5.99. The van der Waals surface area contributed by atoms with Gasteiger partial charge in [0.25, 0.3) is 0 Å². The van der Waals surface area contributed by atoms with Gasteiger partial charge in [0.15, 0.2) is 0 Å². The van der Waals surface area contributed by atoms with E-state index in [4.69, 9.17) is 0 Å². The quantitative estimate of drug-likeness (QED) is 0.616. The molecule has 0 aromatic carbocycles. The number of carbonyl (C=O) groups is 1. The Morgan fingerprint density at radius 3 is 2.11 bits per heavy atom. The predicted molar refractivity (Wildman–Crippen MR) is 64.0 cm³/mol. The van der Waals surface area contributed by atoms with Gasteiger partial charge in [0, 0.05) is 0 Å². The number of sulfonamides is 2. The summed E-state index contributed by atoms with van der Waals surface area (Å²) in [5, 5.41) is 0. The first-order valence-corrected chi connectivity index (χ1v) is 8.45. The minimum absolute atomic E-state index is 0.118. The second-order valence-electron chi connectivity index (χ2n) is 3.59. The van der Waals surface area contributed by atoms with Crippen LogP contribution in [0.4, 0.5) is 4.79 Å². The fourth-order valence-electron chi connectivity index (χ4n) is 0.752. The largest absolute Gasteiger partial charge is 0.446 e. The molecule has 0 bridgehead atoms. The summed E-state index contributed by atoms with van der Waals surface area (Å²) in [6.45, 7) is 4.41. The Balaban J connectivity index is 4.97. The number of hydrogen-bond acceptors (Lipinski definition) is 6. The van der Waals surface area contributed by atoms with Crippen molar-refractivity contribution in [3.63, 3.8) is 0 Å². The first kappa shape index (κ1) is 17.1. The molecule has 0 aromatic heterocycles. The molecule has 0 aliphatic carbocycles. The molecule has 11 heteroatoms. The maximum atomic E-state index is 11.5. The van der Waals surface area contributed by atoms with Gasteiger partial charge in [0.2, 0.25) is 20.0 Å². The summed E-state index contributed by atoms with van der Waals surface area (Å²) in [5.74, 6) is -0.405. The van der Waals surface area contributed by atoms with Gasteiger partial charge in [-0.3, -0.25) is 0 Å². The zero-order valence-electron chi connectivity index (χ0n) is 10.5. The molecular formula is C7H17N3O6S2. The van der Waals surface area contributed by atoms with Crippen LogP contribution < -0.4 is 10.3 Å². The number of nitrogens with zero attached hydrogens (tertiary/aromatic N) is 1. The van der Waals surface area contributed by atoms with Crippen LogP contribution in [0.1, 0.15) is 20.8 Å². The molecule has 0 spiro atoms. The Hall–Kier alpha value is -0.910. The lowest BCUT2D eigenvalue weighted by Crippen LogP contribution is -2.56. The third kappa shape index (κ3) is 6.74. The summed E-state index contributed by atoms with van der Waals surface area (Å²) in [4.78, 5) is 12.9. The van der Waals surface area contributed by atoms with Gasteiger partial charge in [-0.25, -0.2) is 27.1 Å². The molecule has 0 heterocycles. The number of hydrazine groups is 2. The average Bonchev–Trinajstić information content (AvgIpc) is 2.13. The van der Waals surface area contributed by atoms with Crippen molar-refractivity contribution in [1.82, 2.24) is 14.8 Å². The van der Waals surface area contributed by atoms with E-state index in [-0.39, 0.29) is 4.52 Å². The first-order valence-electron chi connectivity index (χ1n) is 4.95. The third-order valence-corrected chi connectivity index (χ3v) is 3.53. The minimum Gasteiger partial charge on any atom is -0.446 e. The summed E-state index contributed by atoms with van der Waals surface area (Å²) in [6, 6.07) is 0. The molecule has 0 unspecified atom stereocenters. The molecule has 9 nitrogen and oxygen atoms in total. The van der Waals surface area contributed by atoms with E-state index in [0.717, 1.165) is 6.26 Å². The van der Waals surface area contributed by atoms with Gasteiger partial charge in [-0.15, -0.1) is 4.83 Å². The van der Waals surface area contributed by atoms with Gasteiger partial charge in [-0.1, -0.05) is 0 Å². The normalized spacial score (nSPS) is 12.8. The molecule has 0 atom stereocenters. The van der Waals surface area contributed by atoms with E-state index < -0.39 is 38.0 Å². The molecule has 1 amide bonds. The lowest BCUT2D eigenvalue weighted by Gasteiger charge is -2.21. The van der Waals surface area contributed by atoms with Crippen molar-refractivity contribution in [1.29, 1.82) is 0 Å². The van der Waals surface area contributed by atoms with Crippen LogP contribution in [0.2, 0.25) is 0 Å². The zero-order valence-corrected chi connectivity index (χ0v) is 12.1. The van der Waals surface area contributed by atoms with E-state index in [0.29, 0.717) is 0 Å². The maximum absolute atomic E-state index is 11.5. The van der Waals surface area contributed by atoms with Gasteiger partial charge in [-0.2, -0.15) is 0 Å². The number of amides is 1. The van der Waals surface area contributed by atoms with Crippen molar-refractivity contribution in [2.45, 2.75) is 26.9 Å². The van der Waals surface area contributed by atoms with E-state index in [1.807, 2.05) is 0 Å². The van der Waals surface area contributed by atoms with Crippen molar-refractivity contribution in [3.05, 3.63) is 0 Å². The van der Waals surface area contributed by atoms with Gasteiger partial charge in [-0.05, 0) is 25.3 Å². The highest BCUT2D eigenvalue weighted by Gasteiger charge is 2.26. The fourth-order valence-corrected chi connectivity index (χ4v) is 2.43. The molecule has 0 saturated heterocycles. The predicted octanol–water partition coefficient (Wildman–Crippen LogP) is -0.848. The Bertz CT molecular complexity index is 483. The van der Waals surface area contributed by atoms with Crippen molar-refractivity contribution in [2.75, 3.05) is 12.0 Å². The van der Waals surface area contributed by atoms with Gasteiger partial charge < -0.3 is 4.74 Å². The molecule has 0 aromatic rings. The van der Waals surface area contributed by atoms with Crippen molar-refractivity contribution in [2.24, 2.45) is 0 Å². The highest BCUT2D eigenvalue weighted by Crippen LogP contribution is 1.97. The average molecular weight is 303 g/mol. The number of ether oxygens (including phenoxy) is 1. The Labute approximate surface area is 107 Å². The molecule has 0 radical (unpaired) electrons. The first-order chi connectivity index (χ1) is 7.98. The molecule has 108 valence electrons. The third-order valence-electron chi connectivity index (χ3n) is 1.43. The van der Waals surface area contributed by atoms with Crippen LogP contribution in [0.15, 0.2) is 0 Å². The smallest absolute Gasteiger partial charge is 0.424 e. The van der Waals surface area contributed by atoms with E-state index in [1.54, 1.807) is 24.1 Å². The highest BCUT2D eigenvalue weighted by molar-refractivity contribution is 7.91. The lowest BCUT2D eigenvalue weighted by molar-refractivity contribution is 0.0972. The van der Waals surface area contributed by atoms with E-state index >= 15 is 0 Å². The molecular weight excluding hydrogens is 286 g/mol. The SMILES string of the molecule is CCS(=O)(=O)N(NC(=O)OC(C)C)NS(C)(=O)=O. The highest BCUT2D eigenvalue weighted by atomic mass is 32.2. The molecule has 0 fully saturated rings. The van der Waals surface area contributed by atoms with Gasteiger partial charge in [0.1, 0.15) is 0 Å². The van der Waals surface area contributed by atoms with Crippen LogP contribution >= 0.6 is 0 Å². The van der Waals surface area contributed by atoms with Crippen LogP contribution in [0, 0.1) is 0 Å². The monoisotopic (exact) mass is 303 g/mol.